The number of oxazole rings is 1. The molecule has 0 aliphatic rings. The lowest BCUT2D eigenvalue weighted by molar-refractivity contribution is 0.0596. The van der Waals surface area contributed by atoms with E-state index in [4.69, 9.17) is 19.6 Å². The molecule has 1 atom stereocenters. The van der Waals surface area contributed by atoms with Gasteiger partial charge in [-0.25, -0.2) is 9.78 Å². The summed E-state index contributed by atoms with van der Waals surface area (Å²) in [5.41, 5.74) is 8.72. The quantitative estimate of drug-likeness (QED) is 0.694. The highest BCUT2D eigenvalue weighted by molar-refractivity contribution is 5.96. The first kappa shape index (κ1) is 17.0. The first-order chi connectivity index (χ1) is 12.1. The smallest absolute Gasteiger partial charge is 0.341 e. The molecule has 0 fully saturated rings. The Bertz CT molecular complexity index is 874. The summed E-state index contributed by atoms with van der Waals surface area (Å²) in [6.07, 6.45) is 0.679. The van der Waals surface area contributed by atoms with Crippen LogP contribution in [0.1, 0.15) is 21.8 Å². The van der Waals surface area contributed by atoms with Gasteiger partial charge in [-0.3, -0.25) is 0 Å². The number of nitrogens with zero attached hydrogens (tertiary/aromatic N) is 1. The molecule has 130 valence electrons. The van der Waals surface area contributed by atoms with Crippen LogP contribution in [0.15, 0.2) is 46.9 Å². The number of aromatic nitrogens is 1. The van der Waals surface area contributed by atoms with Gasteiger partial charge in [-0.1, -0.05) is 30.3 Å². The fourth-order valence-electron chi connectivity index (χ4n) is 2.63. The van der Waals surface area contributed by atoms with Gasteiger partial charge in [-0.2, -0.15) is 0 Å². The fourth-order valence-corrected chi connectivity index (χ4v) is 2.63. The summed E-state index contributed by atoms with van der Waals surface area (Å²) in [5.74, 6) is 0.400. The Balaban J connectivity index is 1.78. The zero-order valence-corrected chi connectivity index (χ0v) is 14.2. The van der Waals surface area contributed by atoms with Crippen LogP contribution in [0.4, 0.5) is 0 Å². The Morgan fingerprint density at radius 3 is 2.76 bits per heavy atom. The molecule has 6 nitrogen and oxygen atoms in total. The largest absolute Gasteiger partial charge is 0.491 e. The number of hydrogen-bond acceptors (Lipinski definition) is 6. The monoisotopic (exact) mass is 340 g/mol. The van der Waals surface area contributed by atoms with Crippen molar-refractivity contribution in [1.82, 2.24) is 4.98 Å². The minimum absolute atomic E-state index is 0.208. The van der Waals surface area contributed by atoms with Crippen LogP contribution in [0, 0.1) is 6.92 Å². The molecule has 1 heterocycles. The van der Waals surface area contributed by atoms with Crippen molar-refractivity contribution in [2.24, 2.45) is 5.73 Å². The van der Waals surface area contributed by atoms with Gasteiger partial charge in [0.15, 0.2) is 11.5 Å². The Labute approximate surface area is 145 Å². The Morgan fingerprint density at radius 1 is 1.28 bits per heavy atom. The fraction of sp³-hybridized carbons (Fsp3) is 0.263. The zero-order chi connectivity index (χ0) is 17.8. The highest BCUT2D eigenvalue weighted by Crippen LogP contribution is 2.27. The third-order valence-corrected chi connectivity index (χ3v) is 3.80. The van der Waals surface area contributed by atoms with Crippen LogP contribution >= 0.6 is 0 Å². The molecule has 0 saturated carbocycles. The van der Waals surface area contributed by atoms with Crippen molar-refractivity contribution in [3.8, 4) is 5.75 Å². The molecule has 0 radical (unpaired) electrons. The van der Waals surface area contributed by atoms with Gasteiger partial charge in [0.1, 0.15) is 23.4 Å². The molecule has 0 amide bonds. The van der Waals surface area contributed by atoms with E-state index in [2.05, 4.69) is 4.98 Å². The summed E-state index contributed by atoms with van der Waals surface area (Å²) < 4.78 is 16.1. The van der Waals surface area contributed by atoms with Crippen molar-refractivity contribution in [3.63, 3.8) is 0 Å². The molecular formula is C19H20N2O4. The summed E-state index contributed by atoms with van der Waals surface area (Å²) in [6.45, 7) is 2.01. The third-order valence-electron chi connectivity index (χ3n) is 3.80. The van der Waals surface area contributed by atoms with E-state index in [0.717, 1.165) is 5.56 Å². The molecule has 3 rings (SSSR count). The van der Waals surface area contributed by atoms with Gasteiger partial charge in [-0.15, -0.1) is 0 Å². The summed E-state index contributed by atoms with van der Waals surface area (Å²) in [6, 6.07) is 13.0. The SMILES string of the molecule is COC(=O)c1cc2nc(C)oc2cc1OC[C@H](N)Cc1ccccc1. The van der Waals surface area contributed by atoms with Gasteiger partial charge in [-0.05, 0) is 18.1 Å². The number of benzene rings is 2. The van der Waals surface area contributed by atoms with Crippen molar-refractivity contribution >= 4 is 17.1 Å². The lowest BCUT2D eigenvalue weighted by atomic mass is 10.1. The second kappa shape index (κ2) is 7.36. The number of esters is 1. The zero-order valence-electron chi connectivity index (χ0n) is 14.2. The van der Waals surface area contributed by atoms with Gasteiger partial charge in [0.2, 0.25) is 0 Å². The summed E-state index contributed by atoms with van der Waals surface area (Å²) in [7, 11) is 1.32. The van der Waals surface area contributed by atoms with E-state index in [-0.39, 0.29) is 12.6 Å². The minimum Gasteiger partial charge on any atom is -0.491 e. The third kappa shape index (κ3) is 3.97. The molecule has 3 aromatic rings. The molecule has 6 heteroatoms. The predicted molar refractivity (Wildman–Crippen MR) is 93.7 cm³/mol. The highest BCUT2D eigenvalue weighted by atomic mass is 16.5. The summed E-state index contributed by atoms with van der Waals surface area (Å²) >= 11 is 0. The van der Waals surface area contributed by atoms with Crippen molar-refractivity contribution < 1.29 is 18.7 Å². The van der Waals surface area contributed by atoms with Crippen LogP contribution < -0.4 is 10.5 Å². The predicted octanol–water partition coefficient (Wildman–Crippen LogP) is 2.87. The Morgan fingerprint density at radius 2 is 2.04 bits per heavy atom. The van der Waals surface area contributed by atoms with Gasteiger partial charge >= 0.3 is 5.97 Å². The number of hydrogen-bond donors (Lipinski definition) is 1. The number of carbonyl (C=O) groups is 1. The number of nitrogens with two attached hydrogens (primary N) is 1. The van der Waals surface area contributed by atoms with Crippen molar-refractivity contribution in [2.45, 2.75) is 19.4 Å². The second-order valence-electron chi connectivity index (χ2n) is 5.80. The van der Waals surface area contributed by atoms with E-state index in [0.29, 0.717) is 34.7 Å². The molecule has 2 aromatic carbocycles. The van der Waals surface area contributed by atoms with Crippen LogP contribution in [0.5, 0.6) is 5.75 Å². The normalized spacial score (nSPS) is 12.1. The lowest BCUT2D eigenvalue weighted by Crippen LogP contribution is -2.30. The molecule has 0 aliphatic heterocycles. The highest BCUT2D eigenvalue weighted by Gasteiger charge is 2.18. The maximum atomic E-state index is 12.0. The Hall–Kier alpha value is -2.86. The number of fused-ring (bicyclic) bond motifs is 1. The van der Waals surface area contributed by atoms with Gasteiger partial charge in [0.25, 0.3) is 0 Å². The second-order valence-corrected chi connectivity index (χ2v) is 5.80. The van der Waals surface area contributed by atoms with Crippen molar-refractivity contribution in [1.29, 1.82) is 0 Å². The maximum absolute atomic E-state index is 12.0. The average Bonchev–Trinajstić information content (AvgIpc) is 2.98. The standard InChI is InChI=1S/C19H20N2O4/c1-12-21-16-9-15(19(22)23-2)17(10-18(16)25-12)24-11-14(20)8-13-6-4-3-5-7-13/h3-7,9-10,14H,8,11,20H2,1-2H3/t14-/m1/s1. The van der Waals surface area contributed by atoms with Crippen molar-refractivity contribution in [3.05, 3.63) is 59.5 Å². The molecule has 0 spiro atoms. The average molecular weight is 340 g/mol. The molecular weight excluding hydrogens is 320 g/mol. The van der Waals surface area contributed by atoms with Gasteiger partial charge in [0.05, 0.1) is 7.11 Å². The molecule has 1 aromatic heterocycles. The first-order valence-electron chi connectivity index (χ1n) is 7.98. The molecule has 25 heavy (non-hydrogen) atoms. The first-order valence-corrected chi connectivity index (χ1v) is 7.98. The topological polar surface area (TPSA) is 87.6 Å². The number of rotatable bonds is 6. The molecule has 0 saturated heterocycles. The number of carbonyl (C=O) groups excluding carboxylic acids is 1. The van der Waals surface area contributed by atoms with Gasteiger partial charge < -0.3 is 19.6 Å². The lowest BCUT2D eigenvalue weighted by Gasteiger charge is -2.15. The number of aryl methyl sites for hydroxylation is 1. The summed E-state index contributed by atoms with van der Waals surface area (Å²) in [5, 5.41) is 0. The van der Waals surface area contributed by atoms with Crippen LogP contribution in [0.25, 0.3) is 11.1 Å². The van der Waals surface area contributed by atoms with E-state index < -0.39 is 5.97 Å². The molecule has 0 aliphatic carbocycles. The van der Waals surface area contributed by atoms with E-state index in [1.807, 2.05) is 30.3 Å². The minimum atomic E-state index is -0.491. The van der Waals surface area contributed by atoms with Gasteiger partial charge in [0, 0.05) is 19.0 Å². The Kier molecular flexibility index (Phi) is 5.00. The number of ether oxygens (including phenoxy) is 2. The summed E-state index contributed by atoms with van der Waals surface area (Å²) in [4.78, 5) is 16.3. The van der Waals surface area contributed by atoms with E-state index >= 15 is 0 Å². The van der Waals surface area contributed by atoms with E-state index in [1.165, 1.54) is 7.11 Å². The number of methoxy groups -OCH3 is 1. The maximum Gasteiger partial charge on any atom is 0.341 e. The van der Waals surface area contributed by atoms with Crippen LogP contribution in [0.3, 0.4) is 0 Å². The molecule has 2 N–H and O–H groups in total. The van der Waals surface area contributed by atoms with Crippen LogP contribution in [-0.4, -0.2) is 30.7 Å². The van der Waals surface area contributed by atoms with E-state index in [1.54, 1.807) is 19.1 Å². The van der Waals surface area contributed by atoms with Crippen LogP contribution in [0.2, 0.25) is 0 Å². The van der Waals surface area contributed by atoms with Crippen molar-refractivity contribution in [2.75, 3.05) is 13.7 Å². The van der Waals surface area contributed by atoms with Crippen LogP contribution in [-0.2, 0) is 11.2 Å². The van der Waals surface area contributed by atoms with E-state index in [9.17, 15) is 4.79 Å². The molecule has 0 bridgehead atoms. The molecule has 0 unspecified atom stereocenters.